The van der Waals surface area contributed by atoms with Crippen LogP contribution < -0.4 is 10.5 Å². The smallest absolute Gasteiger partial charge is 0.257 e. The van der Waals surface area contributed by atoms with Crippen molar-refractivity contribution in [1.29, 1.82) is 0 Å². The molecular weight excluding hydrogens is 382 g/mol. The molecule has 0 aliphatic carbocycles. The van der Waals surface area contributed by atoms with Crippen LogP contribution in [0.25, 0.3) is 11.5 Å². The average molecular weight is 401 g/mol. The Hall–Kier alpha value is -4.20. The van der Waals surface area contributed by atoms with Crippen LogP contribution in [-0.2, 0) is 18.1 Å². The van der Waals surface area contributed by atoms with Crippen molar-refractivity contribution < 1.29 is 14.0 Å². The highest BCUT2D eigenvalue weighted by Crippen LogP contribution is 2.17. The van der Waals surface area contributed by atoms with Crippen molar-refractivity contribution in [2.24, 2.45) is 10.9 Å². The molecule has 150 valence electrons. The van der Waals surface area contributed by atoms with Crippen molar-refractivity contribution >= 4 is 5.84 Å². The Morgan fingerprint density at radius 3 is 2.53 bits per heavy atom. The Morgan fingerprint density at radius 1 is 0.933 bits per heavy atom. The van der Waals surface area contributed by atoms with Crippen molar-refractivity contribution in [3.8, 4) is 17.2 Å². The zero-order valence-corrected chi connectivity index (χ0v) is 16.0. The Balaban J connectivity index is 1.30. The van der Waals surface area contributed by atoms with Crippen LogP contribution in [-0.4, -0.2) is 21.0 Å². The molecule has 2 aromatic carbocycles. The van der Waals surface area contributed by atoms with Gasteiger partial charge in [0.15, 0.2) is 12.4 Å². The van der Waals surface area contributed by atoms with Gasteiger partial charge in [0.2, 0.25) is 5.89 Å². The largest absolute Gasteiger partial charge is 0.489 e. The van der Waals surface area contributed by atoms with Gasteiger partial charge in [0.1, 0.15) is 12.4 Å². The molecule has 2 N–H and O–H groups in total. The molecule has 0 saturated carbocycles. The van der Waals surface area contributed by atoms with Crippen LogP contribution in [0.3, 0.4) is 0 Å². The molecule has 2 aromatic heterocycles. The lowest BCUT2D eigenvalue weighted by molar-refractivity contribution is 0.111. The van der Waals surface area contributed by atoms with Crippen molar-refractivity contribution in [2.75, 3.05) is 0 Å². The van der Waals surface area contributed by atoms with Crippen LogP contribution in [0, 0.1) is 0 Å². The van der Waals surface area contributed by atoms with E-state index in [1.807, 2.05) is 54.6 Å². The van der Waals surface area contributed by atoms with E-state index in [-0.39, 0.29) is 12.4 Å². The summed E-state index contributed by atoms with van der Waals surface area (Å²) in [6.07, 6.45) is 3.49. The monoisotopic (exact) mass is 401 g/mol. The maximum Gasteiger partial charge on any atom is 0.257 e. The minimum Gasteiger partial charge on any atom is -0.489 e. The number of oxime groups is 1. The van der Waals surface area contributed by atoms with E-state index in [9.17, 15) is 0 Å². The molecule has 0 spiro atoms. The number of hydrogen-bond donors (Lipinski definition) is 1. The lowest BCUT2D eigenvalue weighted by Crippen LogP contribution is -2.13. The second-order valence-electron chi connectivity index (χ2n) is 6.29. The van der Waals surface area contributed by atoms with Crippen molar-refractivity contribution in [1.82, 2.24) is 15.2 Å². The number of benzene rings is 2. The lowest BCUT2D eigenvalue weighted by atomic mass is 10.2. The molecule has 0 atom stereocenters. The molecule has 0 unspecified atom stereocenters. The Labute approximate surface area is 173 Å². The molecule has 0 saturated heterocycles. The predicted molar refractivity (Wildman–Crippen MR) is 110 cm³/mol. The summed E-state index contributed by atoms with van der Waals surface area (Å²) < 4.78 is 11.3. The molecule has 0 aliphatic rings. The maximum atomic E-state index is 5.98. The molecule has 8 nitrogen and oxygen atoms in total. The zero-order chi connectivity index (χ0) is 20.6. The van der Waals surface area contributed by atoms with Gasteiger partial charge in [0.05, 0.1) is 0 Å². The first-order valence-corrected chi connectivity index (χ1v) is 9.23. The minimum atomic E-state index is 0.0207. The fourth-order valence-corrected chi connectivity index (χ4v) is 2.59. The zero-order valence-electron chi connectivity index (χ0n) is 16.0. The van der Waals surface area contributed by atoms with E-state index in [1.54, 1.807) is 24.5 Å². The van der Waals surface area contributed by atoms with Gasteiger partial charge in [0.25, 0.3) is 5.89 Å². The fraction of sp³-hybridized carbons (Fsp3) is 0.0909. The van der Waals surface area contributed by atoms with Crippen LogP contribution in [0.15, 0.2) is 88.7 Å². The summed E-state index contributed by atoms with van der Waals surface area (Å²) in [5.41, 5.74) is 8.52. The molecule has 0 fully saturated rings. The highest BCUT2D eigenvalue weighted by Gasteiger charge is 2.08. The maximum absolute atomic E-state index is 5.98. The predicted octanol–water partition coefficient (Wildman–Crippen LogP) is 3.55. The van der Waals surface area contributed by atoms with Crippen LogP contribution in [0.4, 0.5) is 0 Å². The fourth-order valence-electron chi connectivity index (χ4n) is 2.59. The normalized spacial score (nSPS) is 11.3. The molecule has 0 radical (unpaired) electrons. The summed E-state index contributed by atoms with van der Waals surface area (Å²) >= 11 is 0. The van der Waals surface area contributed by atoms with E-state index in [0.717, 1.165) is 16.9 Å². The number of nitrogens with zero attached hydrogens (tertiary/aromatic N) is 4. The van der Waals surface area contributed by atoms with E-state index in [2.05, 4.69) is 20.3 Å². The highest BCUT2D eigenvalue weighted by atomic mass is 16.6. The first-order chi connectivity index (χ1) is 14.8. The van der Waals surface area contributed by atoms with Gasteiger partial charge in [-0.25, -0.2) is 0 Å². The Bertz CT molecular complexity index is 1100. The molecule has 4 rings (SSSR count). The summed E-state index contributed by atoms with van der Waals surface area (Å²) in [5, 5.41) is 11.9. The number of nitrogens with two attached hydrogens (primary N) is 1. The number of hydrogen-bond acceptors (Lipinski definition) is 7. The minimum absolute atomic E-state index is 0.0207. The van der Waals surface area contributed by atoms with Gasteiger partial charge in [-0.1, -0.05) is 29.4 Å². The molecule has 8 heteroatoms. The van der Waals surface area contributed by atoms with Gasteiger partial charge in [-0.15, -0.1) is 10.2 Å². The number of ether oxygens (including phenoxy) is 1. The Morgan fingerprint density at radius 2 is 1.77 bits per heavy atom. The van der Waals surface area contributed by atoms with Gasteiger partial charge >= 0.3 is 0 Å². The number of aromatic nitrogens is 3. The molecule has 4 aromatic rings. The quantitative estimate of drug-likeness (QED) is 0.273. The molecule has 30 heavy (non-hydrogen) atoms. The van der Waals surface area contributed by atoms with Crippen LogP contribution in [0.5, 0.6) is 5.75 Å². The van der Waals surface area contributed by atoms with Gasteiger partial charge in [-0.05, 0) is 42.5 Å². The van der Waals surface area contributed by atoms with Crippen molar-refractivity contribution in [3.05, 3.63) is 96.1 Å². The van der Waals surface area contributed by atoms with Gasteiger partial charge in [-0.3, -0.25) is 4.98 Å². The topological polar surface area (TPSA) is 109 Å². The first-order valence-electron chi connectivity index (χ1n) is 9.23. The van der Waals surface area contributed by atoms with E-state index in [0.29, 0.717) is 24.0 Å². The molecule has 2 heterocycles. The van der Waals surface area contributed by atoms with E-state index in [4.69, 9.17) is 19.7 Å². The van der Waals surface area contributed by atoms with Gasteiger partial charge in [-0.2, -0.15) is 0 Å². The lowest BCUT2D eigenvalue weighted by Gasteiger charge is -2.07. The van der Waals surface area contributed by atoms with Crippen LogP contribution >= 0.6 is 0 Å². The van der Waals surface area contributed by atoms with E-state index >= 15 is 0 Å². The third-order valence-corrected chi connectivity index (χ3v) is 4.12. The summed E-state index contributed by atoms with van der Waals surface area (Å²) in [6.45, 7) is 0.460. The number of amidine groups is 1. The molecule has 0 amide bonds. The summed E-state index contributed by atoms with van der Waals surface area (Å²) in [5.74, 6) is 1.69. The van der Waals surface area contributed by atoms with Crippen molar-refractivity contribution in [3.63, 3.8) is 0 Å². The van der Waals surface area contributed by atoms with E-state index in [1.165, 1.54) is 0 Å². The highest BCUT2D eigenvalue weighted by molar-refractivity contribution is 5.97. The number of pyridine rings is 1. The number of rotatable bonds is 8. The van der Waals surface area contributed by atoms with Gasteiger partial charge < -0.3 is 19.7 Å². The third-order valence-electron chi connectivity index (χ3n) is 4.12. The summed E-state index contributed by atoms with van der Waals surface area (Å²) in [4.78, 5) is 9.31. The molecule has 0 aliphatic heterocycles. The molecule has 0 bridgehead atoms. The summed E-state index contributed by atoms with van der Waals surface area (Å²) in [6, 6.07) is 20.6. The summed E-state index contributed by atoms with van der Waals surface area (Å²) in [7, 11) is 0. The SMILES string of the molecule is N/C(=N/OCc1nnc(-c2ccccc2)o1)c1ccc(OCc2cccnc2)cc1. The first kappa shape index (κ1) is 19.1. The van der Waals surface area contributed by atoms with Crippen LogP contribution in [0.2, 0.25) is 0 Å². The second-order valence-corrected chi connectivity index (χ2v) is 6.29. The van der Waals surface area contributed by atoms with Gasteiger partial charge in [0, 0.05) is 29.1 Å². The Kier molecular flexibility index (Phi) is 5.95. The average Bonchev–Trinajstić information content (AvgIpc) is 3.28. The molecular formula is C22H19N5O3. The van der Waals surface area contributed by atoms with Crippen LogP contribution in [0.1, 0.15) is 17.0 Å². The van der Waals surface area contributed by atoms with Crippen molar-refractivity contribution in [2.45, 2.75) is 13.2 Å². The second kappa shape index (κ2) is 9.33. The van der Waals surface area contributed by atoms with E-state index < -0.39 is 0 Å². The third kappa shape index (κ3) is 4.99. The standard InChI is InChI=1S/C22H19N5O3/c23-21(17-8-10-19(11-9-17)28-14-16-5-4-12-24-13-16)27-29-15-20-25-26-22(30-20)18-6-2-1-3-7-18/h1-13H,14-15H2,(H2,23,27).